The molecule has 2 aliphatic heterocycles. The number of nitrogens with zero attached hydrogens (tertiary/aromatic N) is 1. The van der Waals surface area contributed by atoms with Gasteiger partial charge in [0.25, 0.3) is 5.91 Å². The van der Waals surface area contributed by atoms with Gasteiger partial charge in [0.15, 0.2) is 11.5 Å². The Morgan fingerprint density at radius 1 is 1.12 bits per heavy atom. The zero-order chi connectivity index (χ0) is 17.2. The van der Waals surface area contributed by atoms with Crippen LogP contribution >= 0.6 is 0 Å². The highest BCUT2D eigenvalue weighted by Crippen LogP contribution is 2.36. The summed E-state index contributed by atoms with van der Waals surface area (Å²) in [5.74, 6) is 1.06. The topological polar surface area (TPSA) is 77.1 Å². The smallest absolute Gasteiger partial charge is 0.414 e. The van der Waals surface area contributed by atoms with Gasteiger partial charge in [0, 0.05) is 11.6 Å². The summed E-state index contributed by atoms with van der Waals surface area (Å²) in [6, 6.07) is 14.2. The molecule has 1 atom stereocenters. The largest absolute Gasteiger partial charge is 0.454 e. The van der Waals surface area contributed by atoms with E-state index >= 15 is 0 Å². The van der Waals surface area contributed by atoms with Crippen molar-refractivity contribution in [2.75, 3.05) is 24.8 Å². The van der Waals surface area contributed by atoms with Gasteiger partial charge in [-0.3, -0.25) is 9.69 Å². The maximum absolute atomic E-state index is 12.1. The molecule has 7 heteroatoms. The average Bonchev–Trinajstić information content (AvgIpc) is 3.26. The number of hydrogen-bond donors (Lipinski definition) is 1. The first kappa shape index (κ1) is 15.3. The second-order valence-electron chi connectivity index (χ2n) is 5.73. The van der Waals surface area contributed by atoms with Crippen LogP contribution in [0.1, 0.15) is 10.4 Å². The van der Waals surface area contributed by atoms with Crippen LogP contribution in [0.5, 0.6) is 11.5 Å². The number of rotatable bonds is 4. The lowest BCUT2D eigenvalue weighted by Crippen LogP contribution is -2.34. The van der Waals surface area contributed by atoms with Crippen molar-refractivity contribution < 1.29 is 23.8 Å². The Morgan fingerprint density at radius 3 is 2.76 bits per heavy atom. The number of amides is 2. The van der Waals surface area contributed by atoms with Gasteiger partial charge in [-0.15, -0.1) is 0 Å². The Kier molecular flexibility index (Phi) is 3.89. The molecular weight excluding hydrogens is 324 g/mol. The SMILES string of the molecule is O=C(NC[C@H]1CN(c2ccc3c(c2)OCO3)C(=O)O1)c1ccccc1. The highest BCUT2D eigenvalue weighted by atomic mass is 16.7. The van der Waals surface area contributed by atoms with E-state index in [9.17, 15) is 9.59 Å². The molecule has 2 heterocycles. The van der Waals surface area contributed by atoms with Crippen LogP contribution in [0, 0.1) is 0 Å². The molecule has 0 aromatic heterocycles. The Hall–Kier alpha value is -3.22. The fourth-order valence-corrected chi connectivity index (χ4v) is 2.79. The van der Waals surface area contributed by atoms with Crippen LogP contribution in [0.2, 0.25) is 0 Å². The lowest BCUT2D eigenvalue weighted by molar-refractivity contribution is 0.0916. The molecule has 0 bridgehead atoms. The number of anilines is 1. The maximum atomic E-state index is 12.1. The highest BCUT2D eigenvalue weighted by molar-refractivity contribution is 5.94. The van der Waals surface area contributed by atoms with Crippen molar-refractivity contribution in [1.82, 2.24) is 5.32 Å². The van der Waals surface area contributed by atoms with Crippen LogP contribution in [0.3, 0.4) is 0 Å². The third-order valence-electron chi connectivity index (χ3n) is 4.07. The molecular formula is C18H16N2O5. The standard InChI is InChI=1S/C18H16N2O5/c21-17(12-4-2-1-3-5-12)19-9-14-10-20(18(22)25-14)13-6-7-15-16(8-13)24-11-23-15/h1-8,14H,9-11H2,(H,19,21)/t14-/m0/s1. The van der Waals surface area contributed by atoms with Crippen LogP contribution < -0.4 is 19.7 Å². The van der Waals surface area contributed by atoms with Gasteiger partial charge in [-0.25, -0.2) is 4.79 Å². The number of cyclic esters (lactones) is 1. The predicted octanol–water partition coefficient (Wildman–Crippen LogP) is 2.17. The third kappa shape index (κ3) is 3.08. The van der Waals surface area contributed by atoms with E-state index in [-0.39, 0.29) is 19.2 Å². The predicted molar refractivity (Wildman–Crippen MR) is 89.0 cm³/mol. The minimum Gasteiger partial charge on any atom is -0.454 e. The number of hydrogen-bond acceptors (Lipinski definition) is 5. The van der Waals surface area contributed by atoms with Crippen molar-refractivity contribution in [2.45, 2.75) is 6.10 Å². The maximum Gasteiger partial charge on any atom is 0.414 e. The second kappa shape index (κ2) is 6.35. The molecule has 128 valence electrons. The minimum atomic E-state index is -0.446. The van der Waals surface area contributed by atoms with Crippen molar-refractivity contribution in [3.05, 3.63) is 54.1 Å². The normalized spacial score (nSPS) is 18.2. The van der Waals surface area contributed by atoms with E-state index in [4.69, 9.17) is 14.2 Å². The summed E-state index contributed by atoms with van der Waals surface area (Å²) in [4.78, 5) is 25.7. The number of fused-ring (bicyclic) bond motifs is 1. The minimum absolute atomic E-state index is 0.178. The summed E-state index contributed by atoms with van der Waals surface area (Å²) >= 11 is 0. The van der Waals surface area contributed by atoms with E-state index in [1.165, 1.54) is 4.90 Å². The Balaban J connectivity index is 1.38. The Bertz CT molecular complexity index is 808. The fourth-order valence-electron chi connectivity index (χ4n) is 2.79. The average molecular weight is 340 g/mol. The van der Waals surface area contributed by atoms with Crippen molar-refractivity contribution >= 4 is 17.7 Å². The van der Waals surface area contributed by atoms with E-state index in [1.54, 1.807) is 42.5 Å². The van der Waals surface area contributed by atoms with Crippen LogP contribution in [0.15, 0.2) is 48.5 Å². The molecule has 1 N–H and O–H groups in total. The van der Waals surface area contributed by atoms with Crippen LogP contribution in [-0.4, -0.2) is 38.0 Å². The summed E-state index contributed by atoms with van der Waals surface area (Å²) < 4.78 is 15.9. The number of carbonyl (C=O) groups is 2. The zero-order valence-electron chi connectivity index (χ0n) is 13.3. The quantitative estimate of drug-likeness (QED) is 0.923. The molecule has 0 radical (unpaired) electrons. The second-order valence-corrected chi connectivity index (χ2v) is 5.73. The highest BCUT2D eigenvalue weighted by Gasteiger charge is 2.33. The number of nitrogens with one attached hydrogen (secondary N) is 1. The van der Waals surface area contributed by atoms with E-state index in [1.807, 2.05) is 6.07 Å². The van der Waals surface area contributed by atoms with Gasteiger partial charge in [-0.05, 0) is 24.3 Å². The molecule has 2 aromatic carbocycles. The van der Waals surface area contributed by atoms with E-state index < -0.39 is 12.2 Å². The van der Waals surface area contributed by atoms with Gasteiger partial charge < -0.3 is 19.5 Å². The first-order valence-corrected chi connectivity index (χ1v) is 7.92. The molecule has 0 unspecified atom stereocenters. The van der Waals surface area contributed by atoms with Crippen molar-refractivity contribution in [1.29, 1.82) is 0 Å². The van der Waals surface area contributed by atoms with Gasteiger partial charge >= 0.3 is 6.09 Å². The summed E-state index contributed by atoms with van der Waals surface area (Å²) in [5.41, 5.74) is 1.24. The van der Waals surface area contributed by atoms with E-state index in [0.717, 1.165) is 0 Å². The molecule has 1 fully saturated rings. The molecule has 2 amide bonds. The van der Waals surface area contributed by atoms with E-state index in [2.05, 4.69) is 5.32 Å². The van der Waals surface area contributed by atoms with Crippen LogP contribution in [0.4, 0.5) is 10.5 Å². The fraction of sp³-hybridized carbons (Fsp3) is 0.222. The van der Waals surface area contributed by atoms with Crippen LogP contribution in [0.25, 0.3) is 0 Å². The molecule has 2 aromatic rings. The van der Waals surface area contributed by atoms with Gasteiger partial charge in [0.05, 0.1) is 18.8 Å². The third-order valence-corrected chi connectivity index (χ3v) is 4.07. The molecule has 0 saturated carbocycles. The van der Waals surface area contributed by atoms with Gasteiger partial charge in [-0.1, -0.05) is 18.2 Å². The molecule has 7 nitrogen and oxygen atoms in total. The number of ether oxygens (including phenoxy) is 3. The lowest BCUT2D eigenvalue weighted by atomic mass is 10.2. The van der Waals surface area contributed by atoms with Crippen LogP contribution in [-0.2, 0) is 4.74 Å². The monoisotopic (exact) mass is 340 g/mol. The number of benzene rings is 2. The first-order valence-electron chi connectivity index (χ1n) is 7.92. The van der Waals surface area contributed by atoms with Crippen molar-refractivity contribution in [3.8, 4) is 11.5 Å². The summed E-state index contributed by atoms with van der Waals surface area (Å²) in [7, 11) is 0. The molecule has 4 rings (SSSR count). The van der Waals surface area contributed by atoms with E-state index in [0.29, 0.717) is 29.3 Å². The van der Waals surface area contributed by atoms with Gasteiger partial charge in [0.2, 0.25) is 6.79 Å². The number of carbonyl (C=O) groups excluding carboxylic acids is 2. The zero-order valence-corrected chi connectivity index (χ0v) is 13.3. The summed E-state index contributed by atoms with van der Waals surface area (Å²) in [6.45, 7) is 0.783. The molecule has 0 aliphatic carbocycles. The van der Waals surface area contributed by atoms with Crippen molar-refractivity contribution in [2.24, 2.45) is 0 Å². The van der Waals surface area contributed by atoms with Crippen molar-refractivity contribution in [3.63, 3.8) is 0 Å². The summed E-state index contributed by atoms with van der Waals surface area (Å²) in [6.07, 6.45) is -0.858. The Morgan fingerprint density at radius 2 is 1.92 bits per heavy atom. The lowest BCUT2D eigenvalue weighted by Gasteiger charge is -2.13. The van der Waals surface area contributed by atoms with Gasteiger partial charge in [-0.2, -0.15) is 0 Å². The van der Waals surface area contributed by atoms with Gasteiger partial charge in [0.1, 0.15) is 6.10 Å². The molecule has 2 aliphatic rings. The molecule has 25 heavy (non-hydrogen) atoms. The Labute approximate surface area is 144 Å². The first-order chi connectivity index (χ1) is 12.2. The summed E-state index contributed by atoms with van der Waals surface area (Å²) in [5, 5.41) is 2.79. The molecule has 1 saturated heterocycles. The molecule has 0 spiro atoms.